The Kier molecular flexibility index (Phi) is 5.50. The number of hydrogen-bond acceptors (Lipinski definition) is 5. The number of benzene rings is 1. The average Bonchev–Trinajstić information content (AvgIpc) is 3.12. The number of fused-ring (bicyclic) bond motifs is 1. The van der Waals surface area contributed by atoms with Crippen molar-refractivity contribution in [1.82, 2.24) is 15.1 Å². The quantitative estimate of drug-likeness (QED) is 0.676. The molecule has 154 valence electrons. The van der Waals surface area contributed by atoms with E-state index in [1.54, 1.807) is 7.05 Å². The molecule has 0 radical (unpaired) electrons. The molecule has 0 spiro atoms. The maximum absolute atomic E-state index is 12.9. The summed E-state index contributed by atoms with van der Waals surface area (Å²) >= 11 is 1.41. The fourth-order valence-electron chi connectivity index (χ4n) is 3.59. The second-order valence-electron chi connectivity index (χ2n) is 7.26. The van der Waals surface area contributed by atoms with Gasteiger partial charge < -0.3 is 10.6 Å². The van der Waals surface area contributed by atoms with Gasteiger partial charge in [-0.25, -0.2) is 4.68 Å². The molecule has 0 fully saturated rings. The number of aromatic nitrogens is 2. The van der Waals surface area contributed by atoms with E-state index in [1.165, 1.54) is 28.3 Å². The van der Waals surface area contributed by atoms with Crippen molar-refractivity contribution in [2.24, 2.45) is 0 Å². The van der Waals surface area contributed by atoms with Crippen LogP contribution >= 0.6 is 11.3 Å². The van der Waals surface area contributed by atoms with Gasteiger partial charge >= 0.3 is 0 Å². The van der Waals surface area contributed by atoms with Crippen molar-refractivity contribution >= 4 is 28.2 Å². The van der Waals surface area contributed by atoms with Gasteiger partial charge in [0.05, 0.1) is 11.3 Å². The van der Waals surface area contributed by atoms with E-state index in [4.69, 9.17) is 0 Å². The lowest BCUT2D eigenvalue weighted by Crippen LogP contribution is -2.27. The molecule has 0 saturated heterocycles. The summed E-state index contributed by atoms with van der Waals surface area (Å²) in [5.74, 6) is -0.854. The number of amides is 2. The van der Waals surface area contributed by atoms with Gasteiger partial charge in [0.1, 0.15) is 5.00 Å². The van der Waals surface area contributed by atoms with Gasteiger partial charge in [-0.3, -0.25) is 14.4 Å². The number of thiophene rings is 1. The number of anilines is 1. The van der Waals surface area contributed by atoms with E-state index in [0.29, 0.717) is 10.6 Å². The largest absolute Gasteiger partial charge is 0.355 e. The first kappa shape index (κ1) is 20.0. The number of nitrogens with one attached hydrogen (secondary N) is 2. The summed E-state index contributed by atoms with van der Waals surface area (Å²) in [5.41, 5.74) is 2.65. The van der Waals surface area contributed by atoms with Crippen LogP contribution in [-0.2, 0) is 12.8 Å². The van der Waals surface area contributed by atoms with Gasteiger partial charge in [-0.2, -0.15) is 5.10 Å². The van der Waals surface area contributed by atoms with Gasteiger partial charge in [0, 0.05) is 24.2 Å². The molecule has 2 heterocycles. The Labute approximate surface area is 177 Å². The zero-order valence-electron chi connectivity index (χ0n) is 16.8. The summed E-state index contributed by atoms with van der Waals surface area (Å²) in [6.07, 6.45) is 5.32. The molecule has 8 heteroatoms. The smallest absolute Gasteiger partial charge is 0.280 e. The fraction of sp³-hybridized carbons (Fsp3) is 0.273. The lowest BCUT2D eigenvalue weighted by Gasteiger charge is -2.12. The molecule has 0 saturated carbocycles. The molecule has 3 aromatic rings. The topological polar surface area (TPSA) is 93.1 Å². The summed E-state index contributed by atoms with van der Waals surface area (Å²) in [5, 5.41) is 10.1. The van der Waals surface area contributed by atoms with E-state index in [1.807, 2.05) is 31.2 Å². The van der Waals surface area contributed by atoms with Crippen molar-refractivity contribution in [1.29, 1.82) is 0 Å². The highest BCUT2D eigenvalue weighted by atomic mass is 32.1. The second-order valence-corrected chi connectivity index (χ2v) is 8.36. The van der Waals surface area contributed by atoms with Gasteiger partial charge in [0.15, 0.2) is 5.69 Å². The number of hydrogen-bond donors (Lipinski definition) is 2. The molecule has 0 aliphatic heterocycles. The van der Waals surface area contributed by atoms with Crippen LogP contribution in [0.3, 0.4) is 0 Å². The molecular formula is C22H22N4O3S. The van der Waals surface area contributed by atoms with Gasteiger partial charge in [-0.1, -0.05) is 17.7 Å². The Balaban J connectivity index is 1.69. The van der Waals surface area contributed by atoms with E-state index < -0.39 is 11.3 Å². The van der Waals surface area contributed by atoms with Crippen molar-refractivity contribution in [3.8, 4) is 5.69 Å². The zero-order chi connectivity index (χ0) is 21.3. The normalized spacial score (nSPS) is 12.9. The SMILES string of the molecule is CNC(=O)c1c(NC(=O)c2nn(-c3ccc(C)cc3)ccc2=O)sc2c1CCCC2. The van der Waals surface area contributed by atoms with Gasteiger partial charge in [0.25, 0.3) is 11.8 Å². The molecule has 30 heavy (non-hydrogen) atoms. The number of nitrogens with zero attached hydrogens (tertiary/aromatic N) is 2. The Morgan fingerprint density at radius 2 is 1.80 bits per heavy atom. The Morgan fingerprint density at radius 1 is 1.07 bits per heavy atom. The third-order valence-electron chi connectivity index (χ3n) is 5.17. The second kappa shape index (κ2) is 8.23. The van der Waals surface area contributed by atoms with Crippen molar-refractivity contribution in [2.45, 2.75) is 32.6 Å². The molecule has 1 aliphatic rings. The maximum atomic E-state index is 12.9. The highest BCUT2D eigenvalue weighted by molar-refractivity contribution is 7.17. The van der Waals surface area contributed by atoms with E-state index in [2.05, 4.69) is 15.7 Å². The van der Waals surface area contributed by atoms with Gasteiger partial charge in [-0.15, -0.1) is 11.3 Å². The minimum Gasteiger partial charge on any atom is -0.355 e. The predicted octanol–water partition coefficient (Wildman–Crippen LogP) is 3.09. The Bertz CT molecular complexity index is 1180. The third-order valence-corrected chi connectivity index (χ3v) is 6.38. The van der Waals surface area contributed by atoms with Gasteiger partial charge in [-0.05, 0) is 50.3 Å². The van der Waals surface area contributed by atoms with Crippen LogP contribution in [0.1, 0.15) is 49.7 Å². The summed E-state index contributed by atoms with van der Waals surface area (Å²) in [6.45, 7) is 1.98. The zero-order valence-corrected chi connectivity index (χ0v) is 17.6. The first-order chi connectivity index (χ1) is 14.5. The van der Waals surface area contributed by atoms with Crippen LogP contribution in [-0.4, -0.2) is 28.6 Å². The number of aryl methyl sites for hydroxylation is 2. The Hall–Kier alpha value is -3.26. The summed E-state index contributed by atoms with van der Waals surface area (Å²) in [7, 11) is 1.57. The van der Waals surface area contributed by atoms with Crippen LogP contribution in [0.4, 0.5) is 5.00 Å². The molecular weight excluding hydrogens is 400 g/mol. The summed E-state index contributed by atoms with van der Waals surface area (Å²) < 4.78 is 1.49. The van der Waals surface area contributed by atoms with Gasteiger partial charge in [0.2, 0.25) is 5.43 Å². The van der Waals surface area contributed by atoms with Crippen LogP contribution in [0, 0.1) is 6.92 Å². The minimum absolute atomic E-state index is 0.215. The molecule has 2 amide bonds. The van der Waals surface area contributed by atoms with Crippen LogP contribution in [0.25, 0.3) is 5.69 Å². The fourth-order valence-corrected chi connectivity index (χ4v) is 4.87. The summed E-state index contributed by atoms with van der Waals surface area (Å²) in [6, 6.07) is 8.92. The predicted molar refractivity (Wildman–Crippen MR) is 117 cm³/mol. The maximum Gasteiger partial charge on any atom is 0.280 e. The van der Waals surface area contributed by atoms with E-state index in [9.17, 15) is 14.4 Å². The lowest BCUT2D eigenvalue weighted by atomic mass is 9.95. The van der Waals surface area contributed by atoms with E-state index in [0.717, 1.165) is 47.4 Å². The first-order valence-corrected chi connectivity index (χ1v) is 10.6. The lowest BCUT2D eigenvalue weighted by molar-refractivity contribution is 0.0963. The number of carbonyl (C=O) groups is 2. The third kappa shape index (κ3) is 3.78. The molecule has 4 rings (SSSR count). The van der Waals surface area contributed by atoms with Crippen LogP contribution in [0.15, 0.2) is 41.3 Å². The van der Waals surface area contributed by atoms with Crippen LogP contribution in [0.5, 0.6) is 0 Å². The molecule has 0 unspecified atom stereocenters. The molecule has 7 nitrogen and oxygen atoms in total. The van der Waals surface area contributed by atoms with Crippen molar-refractivity contribution in [2.75, 3.05) is 12.4 Å². The molecule has 2 aromatic heterocycles. The highest BCUT2D eigenvalue weighted by Gasteiger charge is 2.26. The van der Waals surface area contributed by atoms with Crippen molar-refractivity contribution in [3.63, 3.8) is 0 Å². The van der Waals surface area contributed by atoms with Crippen molar-refractivity contribution in [3.05, 3.63) is 74.0 Å². The molecule has 1 aromatic carbocycles. The van der Waals surface area contributed by atoms with Crippen LogP contribution < -0.4 is 16.1 Å². The number of carbonyl (C=O) groups excluding carboxylic acids is 2. The standard InChI is InChI=1S/C22H22N4O3S/c1-13-7-9-14(10-8-13)26-12-11-16(27)19(25-26)21(29)24-22-18(20(28)23-2)15-5-3-4-6-17(15)30-22/h7-12H,3-6H2,1-2H3,(H,23,28)(H,24,29). The average molecular weight is 423 g/mol. The minimum atomic E-state index is -0.620. The van der Waals surface area contributed by atoms with Crippen molar-refractivity contribution < 1.29 is 9.59 Å². The summed E-state index contributed by atoms with van der Waals surface area (Å²) in [4.78, 5) is 38.9. The monoisotopic (exact) mass is 422 g/mol. The number of rotatable bonds is 4. The Morgan fingerprint density at radius 3 is 2.53 bits per heavy atom. The van der Waals surface area contributed by atoms with Crippen LogP contribution in [0.2, 0.25) is 0 Å². The molecule has 2 N–H and O–H groups in total. The first-order valence-electron chi connectivity index (χ1n) is 9.83. The molecule has 0 bridgehead atoms. The van der Waals surface area contributed by atoms with E-state index >= 15 is 0 Å². The molecule has 0 atom stereocenters. The highest BCUT2D eigenvalue weighted by Crippen LogP contribution is 2.38. The van der Waals surface area contributed by atoms with E-state index in [-0.39, 0.29) is 11.6 Å². The molecule has 1 aliphatic carbocycles.